The number of hydrogen-bond donors (Lipinski definition) is 0. The lowest BCUT2D eigenvalue weighted by atomic mass is 10.1. The van der Waals surface area contributed by atoms with Crippen molar-refractivity contribution in [2.75, 3.05) is 12.4 Å². The molecule has 7 heteroatoms. The van der Waals surface area contributed by atoms with E-state index in [0.717, 1.165) is 22.6 Å². The van der Waals surface area contributed by atoms with Gasteiger partial charge in [-0.1, -0.05) is 41.6 Å². The first-order chi connectivity index (χ1) is 14.1. The number of aromatic nitrogens is 4. The van der Waals surface area contributed by atoms with Gasteiger partial charge in [0.15, 0.2) is 11.4 Å². The lowest BCUT2D eigenvalue weighted by molar-refractivity contribution is 0.102. The molecular formula is C22H20N4O2S. The monoisotopic (exact) mass is 404 g/mol. The Kier molecular flexibility index (Phi) is 5.57. The molecule has 0 atom stereocenters. The Hall–Kier alpha value is -3.19. The Morgan fingerprint density at radius 2 is 1.76 bits per heavy atom. The number of fused-ring (bicyclic) bond motifs is 1. The van der Waals surface area contributed by atoms with Crippen molar-refractivity contribution in [2.45, 2.75) is 19.0 Å². The normalized spacial score (nSPS) is 11.0. The Labute approximate surface area is 172 Å². The van der Waals surface area contributed by atoms with Crippen LogP contribution in [-0.2, 0) is 0 Å². The van der Waals surface area contributed by atoms with Crippen molar-refractivity contribution in [3.05, 3.63) is 71.8 Å². The third-order valence-corrected chi connectivity index (χ3v) is 5.32. The van der Waals surface area contributed by atoms with Crippen molar-refractivity contribution >= 4 is 23.2 Å². The number of Topliss-reactive ketones (excluding diaryl/α,β-unsaturated/α-hetero) is 1. The van der Waals surface area contributed by atoms with Crippen LogP contribution in [-0.4, -0.2) is 38.0 Å². The third-order valence-electron chi connectivity index (χ3n) is 4.40. The SMILES string of the molecule is CCOc1ccc(-c2ccc3nnc(SCC(=O)c4ccc(C)cc4)n3n2)cc1. The second kappa shape index (κ2) is 8.45. The van der Waals surface area contributed by atoms with Crippen LogP contribution in [0.3, 0.4) is 0 Å². The van der Waals surface area contributed by atoms with E-state index in [2.05, 4.69) is 15.3 Å². The Morgan fingerprint density at radius 1 is 1.00 bits per heavy atom. The molecule has 6 nitrogen and oxygen atoms in total. The van der Waals surface area contributed by atoms with Gasteiger partial charge in [0.25, 0.3) is 0 Å². The fourth-order valence-corrected chi connectivity index (χ4v) is 3.64. The van der Waals surface area contributed by atoms with Gasteiger partial charge in [-0.2, -0.15) is 9.61 Å². The summed E-state index contributed by atoms with van der Waals surface area (Å²) < 4.78 is 7.17. The van der Waals surface area contributed by atoms with Gasteiger partial charge in [-0.25, -0.2) is 0 Å². The maximum atomic E-state index is 12.5. The standard InChI is InChI=1S/C22H20N4O2S/c1-3-28-18-10-8-16(9-11-18)19-12-13-21-23-24-22(26(21)25-19)29-14-20(27)17-6-4-15(2)5-7-17/h4-13H,3,14H2,1-2H3. The Bertz CT molecular complexity index is 1140. The molecule has 0 aliphatic rings. The third kappa shape index (κ3) is 4.30. The van der Waals surface area contributed by atoms with Gasteiger partial charge in [0, 0.05) is 11.1 Å². The van der Waals surface area contributed by atoms with Crippen molar-refractivity contribution in [1.29, 1.82) is 0 Å². The minimum atomic E-state index is 0.0504. The van der Waals surface area contributed by atoms with Crippen LogP contribution < -0.4 is 4.74 Å². The zero-order chi connectivity index (χ0) is 20.2. The smallest absolute Gasteiger partial charge is 0.212 e. The summed E-state index contributed by atoms with van der Waals surface area (Å²) >= 11 is 1.33. The molecule has 146 valence electrons. The first-order valence-electron chi connectivity index (χ1n) is 9.32. The molecule has 0 saturated carbocycles. The summed E-state index contributed by atoms with van der Waals surface area (Å²) in [5, 5.41) is 13.6. The van der Waals surface area contributed by atoms with Crippen LogP contribution >= 0.6 is 11.8 Å². The fourth-order valence-electron chi connectivity index (χ4n) is 2.85. The number of rotatable bonds is 7. The van der Waals surface area contributed by atoms with Crippen LogP contribution in [0.4, 0.5) is 0 Å². The Balaban J connectivity index is 1.53. The molecule has 4 aromatic rings. The summed E-state index contributed by atoms with van der Waals surface area (Å²) in [6.07, 6.45) is 0. The van der Waals surface area contributed by atoms with Gasteiger partial charge in [-0.05, 0) is 50.2 Å². The van der Waals surface area contributed by atoms with Gasteiger partial charge >= 0.3 is 0 Å². The number of ketones is 1. The molecule has 0 bridgehead atoms. The summed E-state index contributed by atoms with van der Waals surface area (Å²) in [7, 11) is 0. The van der Waals surface area contributed by atoms with E-state index in [1.807, 2.05) is 74.5 Å². The van der Waals surface area contributed by atoms with Crippen LogP contribution in [0, 0.1) is 6.92 Å². The molecule has 4 rings (SSSR count). The lowest BCUT2D eigenvalue weighted by Gasteiger charge is -2.06. The van der Waals surface area contributed by atoms with Crippen molar-refractivity contribution in [3.8, 4) is 17.0 Å². The second-order valence-corrected chi connectivity index (χ2v) is 7.45. The summed E-state index contributed by atoms with van der Waals surface area (Å²) in [4.78, 5) is 12.5. The molecule has 2 aromatic heterocycles. The van der Waals surface area contributed by atoms with E-state index in [4.69, 9.17) is 4.74 Å². The van der Waals surface area contributed by atoms with Crippen LogP contribution in [0.2, 0.25) is 0 Å². The molecule has 0 aliphatic carbocycles. The van der Waals surface area contributed by atoms with Crippen LogP contribution in [0.25, 0.3) is 16.9 Å². The molecule has 0 N–H and O–H groups in total. The van der Waals surface area contributed by atoms with Crippen molar-refractivity contribution in [1.82, 2.24) is 19.8 Å². The highest BCUT2D eigenvalue weighted by Gasteiger charge is 2.13. The van der Waals surface area contributed by atoms with E-state index in [-0.39, 0.29) is 11.5 Å². The average molecular weight is 404 g/mol. The first-order valence-corrected chi connectivity index (χ1v) is 10.3. The summed E-state index contributed by atoms with van der Waals surface area (Å²) in [5.74, 6) is 1.15. The fraction of sp³-hybridized carbons (Fsp3) is 0.182. The van der Waals surface area contributed by atoms with Gasteiger partial charge in [-0.3, -0.25) is 4.79 Å². The van der Waals surface area contributed by atoms with Crippen molar-refractivity contribution in [2.24, 2.45) is 0 Å². The van der Waals surface area contributed by atoms with E-state index in [9.17, 15) is 4.79 Å². The topological polar surface area (TPSA) is 69.4 Å². The van der Waals surface area contributed by atoms with Gasteiger partial charge in [0.2, 0.25) is 5.16 Å². The van der Waals surface area contributed by atoms with Gasteiger partial charge in [-0.15, -0.1) is 10.2 Å². The molecule has 2 aromatic carbocycles. The molecule has 0 fully saturated rings. The van der Waals surface area contributed by atoms with Crippen LogP contribution in [0.15, 0.2) is 65.8 Å². The minimum Gasteiger partial charge on any atom is -0.494 e. The molecule has 0 saturated heterocycles. The number of nitrogens with zero attached hydrogens (tertiary/aromatic N) is 4. The van der Waals surface area contributed by atoms with Gasteiger partial charge in [0.1, 0.15) is 5.75 Å². The number of hydrogen-bond acceptors (Lipinski definition) is 6. The molecule has 0 aliphatic heterocycles. The number of carbonyl (C=O) groups excluding carboxylic acids is 1. The highest BCUT2D eigenvalue weighted by atomic mass is 32.2. The number of ether oxygens (including phenoxy) is 1. The van der Waals surface area contributed by atoms with Gasteiger partial charge in [0.05, 0.1) is 18.1 Å². The molecule has 0 radical (unpaired) electrons. The molecule has 0 amide bonds. The van der Waals surface area contributed by atoms with E-state index in [0.29, 0.717) is 23.0 Å². The largest absolute Gasteiger partial charge is 0.494 e. The predicted molar refractivity (Wildman–Crippen MR) is 114 cm³/mol. The maximum Gasteiger partial charge on any atom is 0.212 e. The van der Waals surface area contributed by atoms with E-state index >= 15 is 0 Å². The molecular weight excluding hydrogens is 384 g/mol. The predicted octanol–water partition coefficient (Wildman–Crippen LogP) is 4.47. The first kappa shape index (κ1) is 19.1. The molecule has 2 heterocycles. The zero-order valence-corrected chi connectivity index (χ0v) is 17.0. The van der Waals surface area contributed by atoms with Crippen molar-refractivity contribution < 1.29 is 9.53 Å². The molecule has 0 unspecified atom stereocenters. The number of benzene rings is 2. The highest BCUT2D eigenvalue weighted by Crippen LogP contribution is 2.23. The van der Waals surface area contributed by atoms with Gasteiger partial charge < -0.3 is 4.74 Å². The lowest BCUT2D eigenvalue weighted by Crippen LogP contribution is -2.04. The molecule has 0 spiro atoms. The van der Waals surface area contributed by atoms with E-state index < -0.39 is 0 Å². The molecule has 29 heavy (non-hydrogen) atoms. The minimum absolute atomic E-state index is 0.0504. The average Bonchev–Trinajstić information content (AvgIpc) is 3.15. The quantitative estimate of drug-likeness (QED) is 0.334. The summed E-state index contributed by atoms with van der Waals surface area (Å²) in [5.41, 5.74) is 4.23. The summed E-state index contributed by atoms with van der Waals surface area (Å²) in [6, 6.07) is 19.1. The zero-order valence-electron chi connectivity index (χ0n) is 16.2. The van der Waals surface area contributed by atoms with Crippen LogP contribution in [0.5, 0.6) is 5.75 Å². The second-order valence-electron chi connectivity index (χ2n) is 6.51. The maximum absolute atomic E-state index is 12.5. The summed E-state index contributed by atoms with van der Waals surface area (Å²) in [6.45, 7) is 4.59. The Morgan fingerprint density at radius 3 is 2.48 bits per heavy atom. The van der Waals surface area contributed by atoms with E-state index in [1.165, 1.54) is 11.8 Å². The van der Waals surface area contributed by atoms with Crippen molar-refractivity contribution in [3.63, 3.8) is 0 Å². The highest BCUT2D eigenvalue weighted by molar-refractivity contribution is 7.99. The van der Waals surface area contributed by atoms with E-state index in [1.54, 1.807) is 4.52 Å². The number of thioether (sulfide) groups is 1. The number of aryl methyl sites for hydroxylation is 1. The van der Waals surface area contributed by atoms with Crippen LogP contribution in [0.1, 0.15) is 22.8 Å². The number of carbonyl (C=O) groups is 1.